The minimum Gasteiger partial charge on any atom is -0.497 e. The van der Waals surface area contributed by atoms with Crippen molar-refractivity contribution in [3.8, 4) is 11.5 Å². The third-order valence-electron chi connectivity index (χ3n) is 2.89. The predicted molar refractivity (Wildman–Crippen MR) is 79.0 cm³/mol. The molecule has 2 aromatic rings. The molecule has 9 heteroatoms. The number of alkyl halides is 3. The highest BCUT2D eigenvalue weighted by Crippen LogP contribution is 2.31. The summed E-state index contributed by atoms with van der Waals surface area (Å²) < 4.78 is 47.6. The number of benzene rings is 1. The highest BCUT2D eigenvalue weighted by atomic mass is 32.1. The van der Waals surface area contributed by atoms with Crippen LogP contribution in [0.2, 0.25) is 0 Å². The molecule has 0 spiro atoms. The number of methoxy groups -OCH3 is 2. The van der Waals surface area contributed by atoms with Crippen LogP contribution in [0, 0.1) is 0 Å². The van der Waals surface area contributed by atoms with Crippen LogP contribution >= 0.6 is 11.3 Å². The molecule has 0 bridgehead atoms. The molecule has 124 valence electrons. The Morgan fingerprint density at radius 3 is 2.61 bits per heavy atom. The predicted octanol–water partition coefficient (Wildman–Crippen LogP) is 3.36. The van der Waals surface area contributed by atoms with E-state index in [2.05, 4.69) is 10.3 Å². The topological polar surface area (TPSA) is 60.5 Å². The van der Waals surface area contributed by atoms with E-state index in [0.29, 0.717) is 17.1 Å². The monoisotopic (exact) mass is 346 g/mol. The van der Waals surface area contributed by atoms with E-state index < -0.39 is 17.8 Å². The fourth-order valence-corrected chi connectivity index (χ4v) is 2.53. The molecule has 1 heterocycles. The van der Waals surface area contributed by atoms with Gasteiger partial charge < -0.3 is 14.8 Å². The Labute approximate surface area is 134 Å². The first kappa shape index (κ1) is 17.1. The number of aromatic nitrogens is 1. The Hall–Kier alpha value is -2.29. The van der Waals surface area contributed by atoms with Crippen molar-refractivity contribution in [3.63, 3.8) is 0 Å². The maximum Gasteiger partial charge on any atom is 0.434 e. The lowest BCUT2D eigenvalue weighted by molar-refractivity contribution is -0.140. The molecular formula is C14H13F3N2O3S. The standard InChI is InChI=1S/C14H13F3N2O3S/c1-21-9-4-3-8(10(6-9)22-2)5-12(20)19-13-18-11(7-23-13)14(15,16)17/h3-4,6-7H,5H2,1-2H3,(H,18,19,20). The molecule has 1 aromatic heterocycles. The number of ether oxygens (including phenoxy) is 2. The molecule has 5 nitrogen and oxygen atoms in total. The van der Waals surface area contributed by atoms with Gasteiger partial charge in [0.2, 0.25) is 5.91 Å². The zero-order valence-electron chi connectivity index (χ0n) is 12.2. The summed E-state index contributed by atoms with van der Waals surface area (Å²) in [5.74, 6) is 0.534. The number of carbonyl (C=O) groups is 1. The molecule has 0 aliphatic carbocycles. The van der Waals surface area contributed by atoms with Crippen LogP contribution in [0.4, 0.5) is 18.3 Å². The molecule has 0 fully saturated rings. The normalized spacial score (nSPS) is 11.2. The molecule has 2 rings (SSSR count). The molecule has 0 saturated heterocycles. The van der Waals surface area contributed by atoms with Crippen molar-refractivity contribution in [2.75, 3.05) is 19.5 Å². The van der Waals surface area contributed by atoms with Gasteiger partial charge in [-0.25, -0.2) is 4.98 Å². The number of nitrogens with one attached hydrogen (secondary N) is 1. The van der Waals surface area contributed by atoms with Gasteiger partial charge in [0, 0.05) is 17.0 Å². The fourth-order valence-electron chi connectivity index (χ4n) is 1.80. The van der Waals surface area contributed by atoms with Crippen LogP contribution in [0.25, 0.3) is 0 Å². The van der Waals surface area contributed by atoms with E-state index in [0.717, 1.165) is 16.7 Å². The van der Waals surface area contributed by atoms with Gasteiger partial charge >= 0.3 is 6.18 Å². The van der Waals surface area contributed by atoms with Crippen LogP contribution in [0.3, 0.4) is 0 Å². The Morgan fingerprint density at radius 1 is 1.30 bits per heavy atom. The summed E-state index contributed by atoms with van der Waals surface area (Å²) >= 11 is 0.717. The van der Waals surface area contributed by atoms with Gasteiger partial charge in [0.15, 0.2) is 10.8 Å². The lowest BCUT2D eigenvalue weighted by Gasteiger charge is -2.10. The summed E-state index contributed by atoms with van der Waals surface area (Å²) in [6.45, 7) is 0. The number of carbonyl (C=O) groups excluding carboxylic acids is 1. The summed E-state index contributed by atoms with van der Waals surface area (Å²) in [7, 11) is 2.95. The van der Waals surface area contributed by atoms with E-state index in [4.69, 9.17) is 9.47 Å². The number of rotatable bonds is 5. The smallest absolute Gasteiger partial charge is 0.434 e. The van der Waals surface area contributed by atoms with Crippen LogP contribution < -0.4 is 14.8 Å². The Kier molecular flexibility index (Phi) is 5.09. The van der Waals surface area contributed by atoms with Gasteiger partial charge in [-0.15, -0.1) is 11.3 Å². The summed E-state index contributed by atoms with van der Waals surface area (Å²) in [6.07, 6.45) is -4.59. The van der Waals surface area contributed by atoms with Gasteiger partial charge in [-0.05, 0) is 6.07 Å². The van der Waals surface area contributed by atoms with E-state index >= 15 is 0 Å². The van der Waals surface area contributed by atoms with Crippen molar-refractivity contribution in [2.24, 2.45) is 0 Å². The Bertz CT molecular complexity index is 701. The molecule has 1 aromatic carbocycles. The first-order chi connectivity index (χ1) is 10.8. The van der Waals surface area contributed by atoms with Gasteiger partial charge in [0.1, 0.15) is 11.5 Å². The van der Waals surface area contributed by atoms with E-state index in [9.17, 15) is 18.0 Å². The molecule has 1 amide bonds. The number of amides is 1. The van der Waals surface area contributed by atoms with Crippen molar-refractivity contribution in [1.82, 2.24) is 4.98 Å². The van der Waals surface area contributed by atoms with Gasteiger partial charge in [-0.2, -0.15) is 13.2 Å². The maximum atomic E-state index is 12.5. The van der Waals surface area contributed by atoms with Crippen LogP contribution in [0.1, 0.15) is 11.3 Å². The van der Waals surface area contributed by atoms with Gasteiger partial charge in [0.25, 0.3) is 0 Å². The highest BCUT2D eigenvalue weighted by Gasteiger charge is 2.33. The molecule has 0 atom stereocenters. The molecule has 1 N–H and O–H groups in total. The van der Waals surface area contributed by atoms with E-state index in [-0.39, 0.29) is 11.6 Å². The lowest BCUT2D eigenvalue weighted by Crippen LogP contribution is -2.15. The first-order valence-corrected chi connectivity index (χ1v) is 7.25. The molecule has 0 saturated carbocycles. The third kappa shape index (κ3) is 4.35. The number of anilines is 1. The molecular weight excluding hydrogens is 333 g/mol. The SMILES string of the molecule is COc1ccc(CC(=O)Nc2nc(C(F)(F)F)cs2)c(OC)c1. The average Bonchev–Trinajstić information content (AvgIpc) is 2.96. The van der Waals surface area contributed by atoms with Crippen molar-refractivity contribution in [2.45, 2.75) is 12.6 Å². The van der Waals surface area contributed by atoms with Crippen LogP contribution in [0.15, 0.2) is 23.6 Å². The number of nitrogens with zero attached hydrogens (tertiary/aromatic N) is 1. The minimum atomic E-state index is -4.53. The van der Waals surface area contributed by atoms with Crippen molar-refractivity contribution < 1.29 is 27.4 Å². The van der Waals surface area contributed by atoms with Crippen molar-refractivity contribution in [3.05, 3.63) is 34.8 Å². The molecule has 0 unspecified atom stereocenters. The zero-order chi connectivity index (χ0) is 17.0. The second-order valence-electron chi connectivity index (χ2n) is 4.44. The Balaban J connectivity index is 2.06. The summed E-state index contributed by atoms with van der Waals surface area (Å²) in [5, 5.41) is 3.09. The summed E-state index contributed by atoms with van der Waals surface area (Å²) in [4.78, 5) is 15.3. The van der Waals surface area contributed by atoms with Gasteiger partial charge in [-0.3, -0.25) is 4.79 Å². The van der Waals surface area contributed by atoms with Crippen LogP contribution in [0.5, 0.6) is 11.5 Å². The number of hydrogen-bond donors (Lipinski definition) is 1. The van der Waals surface area contributed by atoms with E-state index in [1.165, 1.54) is 14.2 Å². The largest absolute Gasteiger partial charge is 0.497 e. The fraction of sp³-hybridized carbons (Fsp3) is 0.286. The zero-order valence-corrected chi connectivity index (χ0v) is 13.0. The first-order valence-electron chi connectivity index (χ1n) is 6.37. The minimum absolute atomic E-state index is 0.0614. The quantitative estimate of drug-likeness (QED) is 0.902. The molecule has 23 heavy (non-hydrogen) atoms. The number of hydrogen-bond acceptors (Lipinski definition) is 5. The molecule has 0 aliphatic rings. The number of thiazole rings is 1. The van der Waals surface area contributed by atoms with Crippen molar-refractivity contribution >= 4 is 22.4 Å². The maximum absolute atomic E-state index is 12.5. The summed E-state index contributed by atoms with van der Waals surface area (Å²) in [5.41, 5.74) is -0.446. The van der Waals surface area contributed by atoms with E-state index in [1.807, 2.05) is 0 Å². The van der Waals surface area contributed by atoms with Crippen LogP contribution in [-0.4, -0.2) is 25.1 Å². The average molecular weight is 346 g/mol. The Morgan fingerprint density at radius 2 is 2.04 bits per heavy atom. The molecule has 0 radical (unpaired) electrons. The molecule has 0 aliphatic heterocycles. The second-order valence-corrected chi connectivity index (χ2v) is 5.30. The second kappa shape index (κ2) is 6.86. The third-order valence-corrected chi connectivity index (χ3v) is 3.64. The lowest BCUT2D eigenvalue weighted by atomic mass is 10.1. The highest BCUT2D eigenvalue weighted by molar-refractivity contribution is 7.13. The van der Waals surface area contributed by atoms with E-state index in [1.54, 1.807) is 18.2 Å². The number of halogens is 3. The van der Waals surface area contributed by atoms with Gasteiger partial charge in [0.05, 0.1) is 20.6 Å². The summed E-state index contributed by atoms with van der Waals surface area (Å²) in [6, 6.07) is 4.93. The van der Waals surface area contributed by atoms with Crippen LogP contribution in [-0.2, 0) is 17.4 Å². The van der Waals surface area contributed by atoms with Gasteiger partial charge in [-0.1, -0.05) is 6.07 Å². The van der Waals surface area contributed by atoms with Crippen molar-refractivity contribution in [1.29, 1.82) is 0 Å².